The number of pyridine rings is 1. The topological polar surface area (TPSA) is 53.5 Å². The number of carbonyl (C=O) groups excluding carboxylic acids is 2. The standard InChI is InChI=1S/C12H15N3O2/c1-10-8-14(6-7-15(10)9-16)12(17)11-4-2-3-5-13-11/h2-5,9-10H,6-8H2,1H3. The molecule has 0 bridgehead atoms. The summed E-state index contributed by atoms with van der Waals surface area (Å²) in [5, 5.41) is 0. The monoisotopic (exact) mass is 233 g/mol. The lowest BCUT2D eigenvalue weighted by Crippen LogP contribution is -2.53. The Balaban J connectivity index is 2.05. The van der Waals surface area contributed by atoms with E-state index in [0.29, 0.717) is 25.3 Å². The summed E-state index contributed by atoms with van der Waals surface area (Å²) in [6.07, 6.45) is 2.45. The molecule has 1 aromatic heterocycles. The molecule has 0 aliphatic carbocycles. The first-order valence-electron chi connectivity index (χ1n) is 5.63. The van der Waals surface area contributed by atoms with Crippen molar-refractivity contribution in [1.29, 1.82) is 0 Å². The van der Waals surface area contributed by atoms with Crippen LogP contribution in [0.3, 0.4) is 0 Å². The molecule has 0 N–H and O–H groups in total. The van der Waals surface area contributed by atoms with Gasteiger partial charge in [0.2, 0.25) is 6.41 Å². The minimum Gasteiger partial charge on any atom is -0.339 e. The first-order valence-corrected chi connectivity index (χ1v) is 5.63. The predicted octanol–water partition coefficient (Wildman–Crippen LogP) is 0.384. The highest BCUT2D eigenvalue weighted by Crippen LogP contribution is 2.10. The van der Waals surface area contributed by atoms with Crippen LogP contribution in [-0.4, -0.2) is 52.8 Å². The van der Waals surface area contributed by atoms with Gasteiger partial charge in [0.05, 0.1) is 0 Å². The van der Waals surface area contributed by atoms with Gasteiger partial charge in [0, 0.05) is 31.9 Å². The Morgan fingerprint density at radius 3 is 2.88 bits per heavy atom. The lowest BCUT2D eigenvalue weighted by molar-refractivity contribution is -0.121. The number of amides is 2. The molecule has 1 fully saturated rings. The maximum absolute atomic E-state index is 12.1. The summed E-state index contributed by atoms with van der Waals surface area (Å²) >= 11 is 0. The van der Waals surface area contributed by atoms with Crippen molar-refractivity contribution in [2.24, 2.45) is 0 Å². The van der Waals surface area contributed by atoms with Gasteiger partial charge in [-0.05, 0) is 19.1 Å². The van der Waals surface area contributed by atoms with Crippen molar-refractivity contribution in [3.8, 4) is 0 Å². The van der Waals surface area contributed by atoms with Crippen LogP contribution in [0.25, 0.3) is 0 Å². The van der Waals surface area contributed by atoms with Gasteiger partial charge in [-0.15, -0.1) is 0 Å². The summed E-state index contributed by atoms with van der Waals surface area (Å²) < 4.78 is 0. The van der Waals surface area contributed by atoms with Crippen LogP contribution in [0.15, 0.2) is 24.4 Å². The zero-order chi connectivity index (χ0) is 12.3. The van der Waals surface area contributed by atoms with Crippen molar-refractivity contribution in [3.63, 3.8) is 0 Å². The van der Waals surface area contributed by atoms with Gasteiger partial charge in [-0.25, -0.2) is 0 Å². The number of piperazine rings is 1. The van der Waals surface area contributed by atoms with Crippen molar-refractivity contribution in [1.82, 2.24) is 14.8 Å². The van der Waals surface area contributed by atoms with Gasteiger partial charge in [-0.2, -0.15) is 0 Å². The van der Waals surface area contributed by atoms with E-state index in [1.807, 2.05) is 6.92 Å². The lowest BCUT2D eigenvalue weighted by atomic mass is 10.2. The molecule has 1 aliphatic heterocycles. The minimum absolute atomic E-state index is 0.0638. The molecule has 2 heterocycles. The van der Waals surface area contributed by atoms with E-state index in [2.05, 4.69) is 4.98 Å². The fraction of sp³-hybridized carbons (Fsp3) is 0.417. The highest BCUT2D eigenvalue weighted by Gasteiger charge is 2.26. The van der Waals surface area contributed by atoms with Crippen molar-refractivity contribution in [2.45, 2.75) is 13.0 Å². The van der Waals surface area contributed by atoms with E-state index in [1.54, 1.807) is 34.2 Å². The first-order chi connectivity index (χ1) is 8.22. The van der Waals surface area contributed by atoms with E-state index in [9.17, 15) is 9.59 Å². The molecular formula is C12H15N3O2. The van der Waals surface area contributed by atoms with Gasteiger partial charge in [0.1, 0.15) is 5.69 Å². The molecule has 0 saturated carbocycles. The Labute approximate surface area is 100 Å². The van der Waals surface area contributed by atoms with E-state index in [4.69, 9.17) is 0 Å². The van der Waals surface area contributed by atoms with Crippen molar-refractivity contribution >= 4 is 12.3 Å². The normalized spacial score (nSPS) is 20.2. The van der Waals surface area contributed by atoms with Crippen LogP contribution in [0.4, 0.5) is 0 Å². The van der Waals surface area contributed by atoms with E-state index >= 15 is 0 Å². The molecule has 5 nitrogen and oxygen atoms in total. The van der Waals surface area contributed by atoms with E-state index in [1.165, 1.54) is 0 Å². The minimum atomic E-state index is -0.0667. The fourth-order valence-corrected chi connectivity index (χ4v) is 1.96. The maximum atomic E-state index is 12.1. The summed E-state index contributed by atoms with van der Waals surface area (Å²) in [5.74, 6) is -0.0667. The molecule has 1 aliphatic rings. The number of nitrogens with zero attached hydrogens (tertiary/aromatic N) is 3. The van der Waals surface area contributed by atoms with Crippen LogP contribution in [-0.2, 0) is 4.79 Å². The van der Waals surface area contributed by atoms with E-state index < -0.39 is 0 Å². The third-order valence-electron chi connectivity index (χ3n) is 2.99. The van der Waals surface area contributed by atoms with Gasteiger partial charge in [0.15, 0.2) is 0 Å². The number of hydrogen-bond donors (Lipinski definition) is 0. The lowest BCUT2D eigenvalue weighted by Gasteiger charge is -2.37. The molecule has 0 aromatic carbocycles. The predicted molar refractivity (Wildman–Crippen MR) is 62.4 cm³/mol. The smallest absolute Gasteiger partial charge is 0.272 e. The largest absolute Gasteiger partial charge is 0.339 e. The van der Waals surface area contributed by atoms with Gasteiger partial charge in [-0.1, -0.05) is 6.07 Å². The quantitative estimate of drug-likeness (QED) is 0.694. The number of aromatic nitrogens is 1. The van der Waals surface area contributed by atoms with Gasteiger partial charge >= 0.3 is 0 Å². The van der Waals surface area contributed by atoms with Crippen LogP contribution in [0.1, 0.15) is 17.4 Å². The molecule has 5 heteroatoms. The van der Waals surface area contributed by atoms with E-state index in [0.717, 1.165) is 6.41 Å². The van der Waals surface area contributed by atoms with Gasteiger partial charge in [0.25, 0.3) is 5.91 Å². The zero-order valence-electron chi connectivity index (χ0n) is 9.74. The molecule has 1 aromatic rings. The molecular weight excluding hydrogens is 218 g/mol. The molecule has 1 unspecified atom stereocenters. The summed E-state index contributed by atoms with van der Waals surface area (Å²) in [6.45, 7) is 3.65. The van der Waals surface area contributed by atoms with Crippen LogP contribution < -0.4 is 0 Å². The second kappa shape index (κ2) is 4.95. The Kier molecular flexibility index (Phi) is 3.37. The second-order valence-electron chi connectivity index (χ2n) is 4.16. The number of carbonyl (C=O) groups is 2. The van der Waals surface area contributed by atoms with Crippen LogP contribution in [0, 0.1) is 0 Å². The molecule has 1 saturated heterocycles. The third-order valence-corrected chi connectivity index (χ3v) is 2.99. The maximum Gasteiger partial charge on any atom is 0.272 e. The fourth-order valence-electron chi connectivity index (χ4n) is 1.96. The highest BCUT2D eigenvalue weighted by atomic mass is 16.2. The Morgan fingerprint density at radius 1 is 1.47 bits per heavy atom. The van der Waals surface area contributed by atoms with Crippen LogP contribution >= 0.6 is 0 Å². The number of rotatable bonds is 2. The summed E-state index contributed by atoms with van der Waals surface area (Å²) in [6, 6.07) is 5.35. The summed E-state index contributed by atoms with van der Waals surface area (Å²) in [7, 11) is 0. The Morgan fingerprint density at radius 2 is 2.29 bits per heavy atom. The van der Waals surface area contributed by atoms with Crippen molar-refractivity contribution < 1.29 is 9.59 Å². The molecule has 1 atom stereocenters. The molecule has 0 radical (unpaired) electrons. The molecule has 0 spiro atoms. The van der Waals surface area contributed by atoms with Crippen LogP contribution in [0.5, 0.6) is 0 Å². The van der Waals surface area contributed by atoms with Crippen LogP contribution in [0.2, 0.25) is 0 Å². The molecule has 2 rings (SSSR count). The van der Waals surface area contributed by atoms with Gasteiger partial charge < -0.3 is 9.80 Å². The average molecular weight is 233 g/mol. The Bertz CT molecular complexity index is 407. The zero-order valence-corrected chi connectivity index (χ0v) is 9.74. The highest BCUT2D eigenvalue weighted by molar-refractivity contribution is 5.92. The molecule has 2 amide bonds. The third kappa shape index (κ3) is 2.43. The molecule has 17 heavy (non-hydrogen) atoms. The van der Waals surface area contributed by atoms with Gasteiger partial charge in [-0.3, -0.25) is 14.6 Å². The SMILES string of the molecule is CC1CN(C(=O)c2ccccn2)CCN1C=O. The first kappa shape index (κ1) is 11.6. The number of hydrogen-bond acceptors (Lipinski definition) is 3. The van der Waals surface area contributed by atoms with E-state index in [-0.39, 0.29) is 11.9 Å². The summed E-state index contributed by atoms with van der Waals surface area (Å²) in [5.41, 5.74) is 0.458. The Hall–Kier alpha value is -1.91. The molecule has 90 valence electrons. The average Bonchev–Trinajstić information content (AvgIpc) is 2.39. The van der Waals surface area contributed by atoms with Crippen molar-refractivity contribution in [2.75, 3.05) is 19.6 Å². The second-order valence-corrected chi connectivity index (χ2v) is 4.16. The summed E-state index contributed by atoms with van der Waals surface area (Å²) in [4.78, 5) is 30.3. The van der Waals surface area contributed by atoms with Crippen molar-refractivity contribution in [3.05, 3.63) is 30.1 Å².